The van der Waals surface area contributed by atoms with E-state index in [9.17, 15) is 13.5 Å². The molecule has 3 rings (SSSR count). The number of hydrogen-bond acceptors (Lipinski definition) is 6. The Morgan fingerprint density at radius 1 is 1.33 bits per heavy atom. The van der Waals surface area contributed by atoms with Gasteiger partial charge in [0.2, 0.25) is 10.0 Å². The number of aromatic nitrogens is 1. The molecule has 0 aliphatic heterocycles. The third-order valence-corrected chi connectivity index (χ3v) is 6.81. The van der Waals surface area contributed by atoms with Crippen molar-refractivity contribution in [2.24, 2.45) is 0 Å². The lowest BCUT2D eigenvalue weighted by Crippen LogP contribution is -2.38. The number of rotatable bonds is 5. The van der Waals surface area contributed by atoms with E-state index in [4.69, 9.17) is 4.52 Å². The van der Waals surface area contributed by atoms with E-state index in [1.165, 1.54) is 11.3 Å². The van der Waals surface area contributed by atoms with Gasteiger partial charge in [-0.25, -0.2) is 13.1 Å². The molecule has 3 aromatic rings. The summed E-state index contributed by atoms with van der Waals surface area (Å²) in [6, 6.07) is 9.66. The number of benzene rings is 1. The van der Waals surface area contributed by atoms with Gasteiger partial charge in [-0.05, 0) is 38.3 Å². The zero-order valence-electron chi connectivity index (χ0n) is 13.5. The van der Waals surface area contributed by atoms with Crippen molar-refractivity contribution in [2.45, 2.75) is 31.3 Å². The maximum atomic E-state index is 12.5. The van der Waals surface area contributed by atoms with Crippen molar-refractivity contribution in [1.82, 2.24) is 9.88 Å². The highest BCUT2D eigenvalue weighted by Crippen LogP contribution is 2.33. The summed E-state index contributed by atoms with van der Waals surface area (Å²) in [6.45, 7) is 4.55. The van der Waals surface area contributed by atoms with Gasteiger partial charge in [0.1, 0.15) is 16.2 Å². The molecular formula is C16H18N2O4S2. The number of sulfonamides is 1. The summed E-state index contributed by atoms with van der Waals surface area (Å²) >= 11 is 1.44. The van der Waals surface area contributed by atoms with Crippen LogP contribution in [-0.4, -0.2) is 25.2 Å². The zero-order valence-corrected chi connectivity index (χ0v) is 15.2. The van der Waals surface area contributed by atoms with Crippen LogP contribution in [0.25, 0.3) is 10.1 Å². The minimum Gasteiger partial charge on any atom is -0.383 e. The van der Waals surface area contributed by atoms with Gasteiger partial charge in [-0.1, -0.05) is 23.4 Å². The van der Waals surface area contributed by atoms with Crippen molar-refractivity contribution in [3.05, 3.63) is 46.7 Å². The normalized spacial score (nSPS) is 14.8. The SMILES string of the molecule is Cc1noc(C)c1S(=O)(=O)NC[C@](C)(O)c1cc2ccccc2s1. The monoisotopic (exact) mass is 366 g/mol. The largest absolute Gasteiger partial charge is 0.383 e. The van der Waals surface area contributed by atoms with Gasteiger partial charge in [-0.2, -0.15) is 0 Å². The van der Waals surface area contributed by atoms with Crippen molar-refractivity contribution in [3.63, 3.8) is 0 Å². The Kier molecular flexibility index (Phi) is 4.25. The van der Waals surface area contributed by atoms with Gasteiger partial charge in [0.25, 0.3) is 0 Å². The smallest absolute Gasteiger partial charge is 0.246 e. The van der Waals surface area contributed by atoms with E-state index >= 15 is 0 Å². The molecule has 1 atom stereocenters. The molecule has 0 saturated heterocycles. The lowest BCUT2D eigenvalue weighted by Gasteiger charge is -2.22. The van der Waals surface area contributed by atoms with Crippen molar-refractivity contribution in [1.29, 1.82) is 0 Å². The first kappa shape index (κ1) is 17.1. The van der Waals surface area contributed by atoms with E-state index in [1.54, 1.807) is 20.8 Å². The molecule has 0 unspecified atom stereocenters. The van der Waals surface area contributed by atoms with Crippen LogP contribution in [0.1, 0.15) is 23.3 Å². The molecule has 0 fully saturated rings. The molecule has 24 heavy (non-hydrogen) atoms. The third kappa shape index (κ3) is 3.10. The number of nitrogens with one attached hydrogen (secondary N) is 1. The van der Waals surface area contributed by atoms with E-state index < -0.39 is 15.6 Å². The van der Waals surface area contributed by atoms with Crippen LogP contribution in [0.2, 0.25) is 0 Å². The molecule has 8 heteroatoms. The molecule has 128 valence electrons. The van der Waals surface area contributed by atoms with Gasteiger partial charge >= 0.3 is 0 Å². The van der Waals surface area contributed by atoms with Crippen LogP contribution >= 0.6 is 11.3 Å². The maximum Gasteiger partial charge on any atom is 0.246 e. The summed E-state index contributed by atoms with van der Waals surface area (Å²) in [4.78, 5) is 0.722. The fraction of sp³-hybridized carbons (Fsp3) is 0.312. The van der Waals surface area contributed by atoms with Gasteiger partial charge in [0.15, 0.2) is 5.76 Å². The molecule has 0 aliphatic rings. The van der Waals surface area contributed by atoms with Crippen molar-refractivity contribution >= 4 is 31.4 Å². The average molecular weight is 366 g/mol. The van der Waals surface area contributed by atoms with Crippen LogP contribution in [0, 0.1) is 13.8 Å². The summed E-state index contributed by atoms with van der Waals surface area (Å²) in [5.41, 5.74) is -1.03. The Bertz CT molecular complexity index is 934. The lowest BCUT2D eigenvalue weighted by atomic mass is 10.1. The van der Waals surface area contributed by atoms with Crippen LogP contribution < -0.4 is 4.72 Å². The zero-order chi connectivity index (χ0) is 17.5. The topological polar surface area (TPSA) is 92.4 Å². The fourth-order valence-corrected chi connectivity index (χ4v) is 5.06. The molecule has 2 aromatic heterocycles. The highest BCUT2D eigenvalue weighted by Gasteiger charge is 2.30. The number of fused-ring (bicyclic) bond motifs is 1. The van der Waals surface area contributed by atoms with Crippen LogP contribution in [-0.2, 0) is 15.6 Å². The maximum absolute atomic E-state index is 12.5. The van der Waals surface area contributed by atoms with Gasteiger partial charge in [-0.3, -0.25) is 0 Å². The van der Waals surface area contributed by atoms with Gasteiger partial charge in [0, 0.05) is 16.1 Å². The molecule has 0 amide bonds. The Hall–Kier alpha value is -1.74. The lowest BCUT2D eigenvalue weighted by molar-refractivity contribution is 0.0666. The Morgan fingerprint density at radius 3 is 2.67 bits per heavy atom. The summed E-state index contributed by atoms with van der Waals surface area (Å²) in [5, 5.41) is 15.4. The predicted octanol–water partition coefficient (Wildman–Crippen LogP) is 2.69. The highest BCUT2D eigenvalue weighted by molar-refractivity contribution is 7.89. The third-order valence-electron chi connectivity index (χ3n) is 3.80. The first-order chi connectivity index (χ1) is 11.2. The molecule has 1 aromatic carbocycles. The second-order valence-corrected chi connectivity index (χ2v) is 8.69. The number of thiophene rings is 1. The quantitative estimate of drug-likeness (QED) is 0.724. The number of aliphatic hydroxyl groups is 1. The first-order valence-electron chi connectivity index (χ1n) is 7.35. The molecule has 6 nitrogen and oxygen atoms in total. The minimum absolute atomic E-state index is 0.0228. The van der Waals surface area contributed by atoms with Crippen LogP contribution in [0.4, 0.5) is 0 Å². The molecular weight excluding hydrogens is 348 g/mol. The summed E-state index contributed by atoms with van der Waals surface area (Å²) in [7, 11) is -3.81. The molecule has 0 bridgehead atoms. The highest BCUT2D eigenvalue weighted by atomic mass is 32.2. The summed E-state index contributed by atoms with van der Waals surface area (Å²) in [6.07, 6.45) is 0. The summed E-state index contributed by atoms with van der Waals surface area (Å²) < 4.78 is 33.3. The second kappa shape index (κ2) is 5.96. The predicted molar refractivity (Wildman–Crippen MR) is 92.6 cm³/mol. The van der Waals surface area contributed by atoms with E-state index in [2.05, 4.69) is 9.88 Å². The number of aryl methyl sites for hydroxylation is 2. The second-order valence-electron chi connectivity index (χ2n) is 5.90. The molecule has 0 saturated carbocycles. The van der Waals surface area contributed by atoms with Crippen molar-refractivity contribution in [3.8, 4) is 0 Å². The van der Waals surface area contributed by atoms with E-state index in [0.717, 1.165) is 10.1 Å². The minimum atomic E-state index is -3.81. The Balaban J connectivity index is 1.84. The fourth-order valence-electron chi connectivity index (χ4n) is 2.50. The molecule has 0 spiro atoms. The number of nitrogens with zero attached hydrogens (tertiary/aromatic N) is 1. The first-order valence-corrected chi connectivity index (χ1v) is 9.65. The molecule has 0 radical (unpaired) electrons. The van der Waals surface area contributed by atoms with Crippen molar-refractivity contribution in [2.75, 3.05) is 6.54 Å². The average Bonchev–Trinajstić information content (AvgIpc) is 3.09. The molecule has 2 N–H and O–H groups in total. The Morgan fingerprint density at radius 2 is 2.04 bits per heavy atom. The van der Waals surface area contributed by atoms with Crippen LogP contribution in [0.15, 0.2) is 39.8 Å². The summed E-state index contributed by atoms with van der Waals surface area (Å²) in [5.74, 6) is 0.224. The van der Waals surface area contributed by atoms with E-state index in [0.29, 0.717) is 10.6 Å². The van der Waals surface area contributed by atoms with Crippen LogP contribution in [0.5, 0.6) is 0 Å². The number of hydrogen-bond donors (Lipinski definition) is 2. The van der Waals surface area contributed by atoms with Crippen molar-refractivity contribution < 1.29 is 18.0 Å². The van der Waals surface area contributed by atoms with Gasteiger partial charge < -0.3 is 9.63 Å². The van der Waals surface area contributed by atoms with Gasteiger partial charge in [0.05, 0.1) is 0 Å². The molecule has 0 aliphatic carbocycles. The Labute approximate surface area is 144 Å². The van der Waals surface area contributed by atoms with E-state index in [-0.39, 0.29) is 17.2 Å². The van der Waals surface area contributed by atoms with Crippen LogP contribution in [0.3, 0.4) is 0 Å². The van der Waals surface area contributed by atoms with E-state index in [1.807, 2.05) is 30.3 Å². The van der Waals surface area contributed by atoms with Gasteiger partial charge in [-0.15, -0.1) is 11.3 Å². The standard InChI is InChI=1S/C16H18N2O4S2/c1-10-15(11(2)22-18-10)24(20,21)17-9-16(3,19)14-8-12-6-4-5-7-13(12)23-14/h4-8,17,19H,9H2,1-3H3/t16-/m0/s1. The molecule has 2 heterocycles.